The standard InChI is InChI=1S/C24H31ClFN3O5S/c1-6-16(2)27-24(31)17(3)28(14-18-9-7-8-10-20(18)26)23(30)15-29(35(5,32)33)21-13-19(25)11-12-22(21)34-4/h7-13,16-17H,6,14-15H2,1-5H3,(H,27,31)/t16-,17-/m0/s1. The summed E-state index contributed by atoms with van der Waals surface area (Å²) < 4.78 is 45.9. The van der Waals surface area contributed by atoms with Gasteiger partial charge in [-0.1, -0.05) is 36.7 Å². The largest absolute Gasteiger partial charge is 0.495 e. The minimum atomic E-state index is -3.97. The van der Waals surface area contributed by atoms with Gasteiger partial charge in [0.2, 0.25) is 21.8 Å². The zero-order valence-corrected chi connectivity index (χ0v) is 22.0. The molecule has 0 aromatic heterocycles. The second kappa shape index (κ2) is 12.2. The fraction of sp³-hybridized carbons (Fsp3) is 0.417. The maximum atomic E-state index is 14.4. The zero-order chi connectivity index (χ0) is 26.3. The van der Waals surface area contributed by atoms with Gasteiger partial charge in [0.15, 0.2) is 0 Å². The predicted octanol–water partition coefficient (Wildman–Crippen LogP) is 3.59. The van der Waals surface area contributed by atoms with Crippen LogP contribution in [0.3, 0.4) is 0 Å². The second-order valence-electron chi connectivity index (χ2n) is 8.19. The van der Waals surface area contributed by atoms with Crippen molar-refractivity contribution in [2.24, 2.45) is 0 Å². The van der Waals surface area contributed by atoms with Crippen molar-refractivity contribution in [1.82, 2.24) is 10.2 Å². The molecule has 0 radical (unpaired) electrons. The highest BCUT2D eigenvalue weighted by Crippen LogP contribution is 2.33. The number of hydrogen-bond donors (Lipinski definition) is 1. The van der Waals surface area contributed by atoms with E-state index in [0.717, 1.165) is 15.5 Å². The molecule has 0 fully saturated rings. The maximum Gasteiger partial charge on any atom is 0.244 e. The lowest BCUT2D eigenvalue weighted by atomic mass is 10.1. The summed E-state index contributed by atoms with van der Waals surface area (Å²) in [5.74, 6) is -1.49. The Morgan fingerprint density at radius 3 is 2.40 bits per heavy atom. The number of halogens is 2. The van der Waals surface area contributed by atoms with Crippen molar-refractivity contribution in [1.29, 1.82) is 0 Å². The number of benzene rings is 2. The van der Waals surface area contributed by atoms with Gasteiger partial charge in [-0.25, -0.2) is 12.8 Å². The monoisotopic (exact) mass is 527 g/mol. The van der Waals surface area contributed by atoms with Crippen LogP contribution in [0.4, 0.5) is 10.1 Å². The topological polar surface area (TPSA) is 96.0 Å². The van der Waals surface area contributed by atoms with Crippen LogP contribution in [-0.2, 0) is 26.2 Å². The minimum absolute atomic E-state index is 0.0680. The number of anilines is 1. The highest BCUT2D eigenvalue weighted by molar-refractivity contribution is 7.92. The van der Waals surface area contributed by atoms with Gasteiger partial charge in [-0.15, -0.1) is 0 Å². The highest BCUT2D eigenvalue weighted by atomic mass is 35.5. The fourth-order valence-corrected chi connectivity index (χ4v) is 4.32. The van der Waals surface area contributed by atoms with Crippen LogP contribution in [0.15, 0.2) is 42.5 Å². The average molecular weight is 528 g/mol. The lowest BCUT2D eigenvalue weighted by molar-refractivity contribution is -0.139. The molecular formula is C24H31ClFN3O5S. The third-order valence-corrected chi connectivity index (χ3v) is 6.92. The van der Waals surface area contributed by atoms with E-state index in [0.29, 0.717) is 6.42 Å². The van der Waals surface area contributed by atoms with Crippen molar-refractivity contribution >= 4 is 39.1 Å². The fourth-order valence-electron chi connectivity index (χ4n) is 3.31. The van der Waals surface area contributed by atoms with E-state index in [1.165, 1.54) is 50.4 Å². The molecule has 2 atom stereocenters. The number of rotatable bonds is 11. The first-order valence-electron chi connectivity index (χ1n) is 11.0. The molecule has 0 spiro atoms. The molecule has 0 bridgehead atoms. The lowest BCUT2D eigenvalue weighted by Crippen LogP contribution is -2.52. The van der Waals surface area contributed by atoms with Crippen molar-refractivity contribution in [3.05, 3.63) is 58.9 Å². The Kier molecular flexibility index (Phi) is 9.91. The average Bonchev–Trinajstić information content (AvgIpc) is 2.80. The third-order valence-electron chi connectivity index (χ3n) is 5.56. The summed E-state index contributed by atoms with van der Waals surface area (Å²) in [5.41, 5.74) is 0.258. The minimum Gasteiger partial charge on any atom is -0.495 e. The van der Waals surface area contributed by atoms with Gasteiger partial charge in [0.05, 0.1) is 19.1 Å². The number of ether oxygens (including phenoxy) is 1. The van der Waals surface area contributed by atoms with Crippen LogP contribution in [0.2, 0.25) is 5.02 Å². The molecule has 8 nitrogen and oxygen atoms in total. The number of amides is 2. The molecule has 0 saturated heterocycles. The van der Waals surface area contributed by atoms with Crippen LogP contribution in [0, 0.1) is 5.82 Å². The molecule has 1 N–H and O–H groups in total. The first kappa shape index (κ1) is 28.4. The molecule has 0 aliphatic heterocycles. The number of carbonyl (C=O) groups excluding carboxylic acids is 2. The van der Waals surface area contributed by atoms with Crippen LogP contribution in [0.1, 0.15) is 32.8 Å². The summed E-state index contributed by atoms with van der Waals surface area (Å²) in [7, 11) is -2.61. The molecule has 2 aromatic rings. The third kappa shape index (κ3) is 7.57. The maximum absolute atomic E-state index is 14.4. The normalized spacial score (nSPS) is 13.0. The van der Waals surface area contributed by atoms with Crippen molar-refractivity contribution in [2.45, 2.75) is 45.8 Å². The van der Waals surface area contributed by atoms with Gasteiger partial charge >= 0.3 is 0 Å². The summed E-state index contributed by atoms with van der Waals surface area (Å²) in [6, 6.07) is 9.13. The van der Waals surface area contributed by atoms with Crippen molar-refractivity contribution in [3.63, 3.8) is 0 Å². The number of sulfonamides is 1. The van der Waals surface area contributed by atoms with Gasteiger partial charge in [0.1, 0.15) is 24.2 Å². The first-order valence-corrected chi connectivity index (χ1v) is 13.3. The van der Waals surface area contributed by atoms with E-state index >= 15 is 0 Å². The van der Waals surface area contributed by atoms with Crippen LogP contribution >= 0.6 is 11.6 Å². The summed E-state index contributed by atoms with van der Waals surface area (Å²) in [4.78, 5) is 27.5. The van der Waals surface area contributed by atoms with E-state index in [1.54, 1.807) is 6.07 Å². The highest BCUT2D eigenvalue weighted by Gasteiger charge is 2.32. The molecular weight excluding hydrogens is 497 g/mol. The van der Waals surface area contributed by atoms with Gasteiger partial charge in [-0.2, -0.15) is 0 Å². The van der Waals surface area contributed by atoms with Crippen LogP contribution in [0.5, 0.6) is 5.75 Å². The number of hydrogen-bond acceptors (Lipinski definition) is 5. The van der Waals surface area contributed by atoms with Crippen LogP contribution in [0.25, 0.3) is 0 Å². The van der Waals surface area contributed by atoms with E-state index in [2.05, 4.69) is 5.32 Å². The Labute approximate surface area is 211 Å². The van der Waals surface area contributed by atoms with Crippen molar-refractivity contribution in [3.8, 4) is 5.75 Å². The summed E-state index contributed by atoms with van der Waals surface area (Å²) in [5, 5.41) is 3.05. The number of nitrogens with one attached hydrogen (secondary N) is 1. The van der Waals surface area contributed by atoms with Crippen LogP contribution < -0.4 is 14.4 Å². The summed E-state index contributed by atoms with van der Waals surface area (Å²) in [6.45, 7) is 4.36. The number of nitrogens with zero attached hydrogens (tertiary/aromatic N) is 2. The molecule has 192 valence electrons. The van der Waals surface area contributed by atoms with Gasteiger partial charge in [-0.3, -0.25) is 13.9 Å². The van der Waals surface area contributed by atoms with Gasteiger partial charge in [0, 0.05) is 23.2 Å². The Balaban J connectivity index is 2.47. The SMILES string of the molecule is CC[C@H](C)NC(=O)[C@H](C)N(Cc1ccccc1F)C(=O)CN(c1cc(Cl)ccc1OC)S(C)(=O)=O. The summed E-state index contributed by atoms with van der Waals surface area (Å²) >= 11 is 6.08. The molecule has 11 heteroatoms. The molecule has 2 amide bonds. The Hall–Kier alpha value is -2.85. The number of methoxy groups -OCH3 is 1. The molecule has 0 aliphatic carbocycles. The quantitative estimate of drug-likeness (QED) is 0.482. The lowest BCUT2D eigenvalue weighted by Gasteiger charge is -2.32. The molecule has 0 heterocycles. The van der Waals surface area contributed by atoms with Gasteiger partial charge in [-0.05, 0) is 44.5 Å². The van der Waals surface area contributed by atoms with E-state index in [9.17, 15) is 22.4 Å². The second-order valence-corrected chi connectivity index (χ2v) is 10.5. The Morgan fingerprint density at radius 1 is 1.17 bits per heavy atom. The molecule has 0 unspecified atom stereocenters. The Morgan fingerprint density at radius 2 is 1.83 bits per heavy atom. The van der Waals surface area contributed by atoms with E-state index in [4.69, 9.17) is 16.3 Å². The van der Waals surface area contributed by atoms with Gasteiger partial charge in [0.25, 0.3) is 0 Å². The molecule has 0 aliphatic rings. The smallest absolute Gasteiger partial charge is 0.244 e. The van der Waals surface area contributed by atoms with Crippen LogP contribution in [-0.4, -0.2) is 57.1 Å². The molecule has 0 saturated carbocycles. The zero-order valence-electron chi connectivity index (χ0n) is 20.4. The summed E-state index contributed by atoms with van der Waals surface area (Å²) in [6.07, 6.45) is 1.62. The van der Waals surface area contributed by atoms with Gasteiger partial charge < -0.3 is 15.0 Å². The Bertz CT molecular complexity index is 1160. The number of carbonyl (C=O) groups is 2. The van der Waals surface area contributed by atoms with E-state index in [1.807, 2.05) is 13.8 Å². The molecule has 35 heavy (non-hydrogen) atoms. The van der Waals surface area contributed by atoms with E-state index < -0.39 is 40.2 Å². The molecule has 2 rings (SSSR count). The predicted molar refractivity (Wildman–Crippen MR) is 135 cm³/mol. The molecule has 2 aromatic carbocycles. The van der Waals surface area contributed by atoms with Crippen molar-refractivity contribution in [2.75, 3.05) is 24.2 Å². The van der Waals surface area contributed by atoms with Crippen molar-refractivity contribution < 1.29 is 27.1 Å². The van der Waals surface area contributed by atoms with E-state index in [-0.39, 0.29) is 34.6 Å². The first-order chi connectivity index (χ1) is 16.4.